The fraction of sp³-hybridized carbons (Fsp3) is 0.389. The molecule has 0 atom stereocenters. The van der Waals surface area contributed by atoms with Crippen molar-refractivity contribution >= 4 is 33.0 Å². The van der Waals surface area contributed by atoms with Crippen molar-refractivity contribution in [2.45, 2.75) is 30.6 Å². The van der Waals surface area contributed by atoms with Crippen LogP contribution in [-0.4, -0.2) is 31.7 Å². The normalized spacial score (nSPS) is 16.6. The number of carbonyl (C=O) groups is 1. The number of anilines is 1. The van der Waals surface area contributed by atoms with Gasteiger partial charge in [-0.15, -0.1) is 0 Å². The Morgan fingerprint density at radius 2 is 1.88 bits per heavy atom. The van der Waals surface area contributed by atoms with Crippen LogP contribution in [0.1, 0.15) is 25.7 Å². The summed E-state index contributed by atoms with van der Waals surface area (Å²) in [6.07, 6.45) is 2.88. The van der Waals surface area contributed by atoms with Crippen molar-refractivity contribution in [3.05, 3.63) is 47.2 Å². The van der Waals surface area contributed by atoms with Gasteiger partial charge in [-0.05, 0) is 48.8 Å². The topological polar surface area (TPSA) is 66.5 Å². The summed E-state index contributed by atoms with van der Waals surface area (Å²) in [5, 5.41) is 6.35. The van der Waals surface area contributed by atoms with E-state index in [2.05, 4.69) is 5.32 Å². The number of para-hydroxylation sites is 1. The van der Waals surface area contributed by atoms with Crippen molar-refractivity contribution in [3.63, 3.8) is 0 Å². The molecule has 1 N–H and O–H groups in total. The van der Waals surface area contributed by atoms with Gasteiger partial charge in [-0.1, -0.05) is 18.2 Å². The average Bonchev–Trinajstić information content (AvgIpc) is 3.17. The van der Waals surface area contributed by atoms with Crippen LogP contribution in [-0.2, 0) is 14.8 Å². The highest BCUT2D eigenvalue weighted by atomic mass is 32.2. The molecule has 2 aromatic rings. The number of rotatable bonds is 6. The van der Waals surface area contributed by atoms with Crippen LogP contribution in [0.4, 0.5) is 5.69 Å². The first-order chi connectivity index (χ1) is 12.1. The number of carbonyl (C=O) groups excluding carboxylic acids is 1. The Balaban J connectivity index is 1.44. The number of benzene rings is 1. The summed E-state index contributed by atoms with van der Waals surface area (Å²) < 4.78 is 26.6. The van der Waals surface area contributed by atoms with Gasteiger partial charge in [0.2, 0.25) is 15.9 Å². The quantitative estimate of drug-likeness (QED) is 0.836. The SMILES string of the molecule is O=C(CCC1CCN(S(=O)(=O)c2ccsc2)CC1)Nc1ccccc1. The zero-order valence-corrected chi connectivity index (χ0v) is 15.6. The lowest BCUT2D eigenvalue weighted by Crippen LogP contribution is -2.38. The fourth-order valence-corrected chi connectivity index (χ4v) is 5.55. The van der Waals surface area contributed by atoms with E-state index in [1.165, 1.54) is 11.3 Å². The Morgan fingerprint density at radius 3 is 2.52 bits per heavy atom. The maximum absolute atomic E-state index is 12.5. The molecule has 0 unspecified atom stereocenters. The van der Waals surface area contributed by atoms with Gasteiger partial charge in [0, 0.05) is 30.6 Å². The number of hydrogen-bond donors (Lipinski definition) is 1. The van der Waals surface area contributed by atoms with E-state index in [1.54, 1.807) is 21.1 Å². The summed E-state index contributed by atoms with van der Waals surface area (Å²) in [5.74, 6) is 0.412. The molecule has 7 heteroatoms. The summed E-state index contributed by atoms with van der Waals surface area (Å²) in [4.78, 5) is 12.4. The van der Waals surface area contributed by atoms with Crippen molar-refractivity contribution in [2.75, 3.05) is 18.4 Å². The summed E-state index contributed by atoms with van der Waals surface area (Å²) in [6, 6.07) is 11.1. The predicted octanol–water partition coefficient (Wildman–Crippen LogP) is 3.57. The van der Waals surface area contributed by atoms with E-state index in [0.29, 0.717) is 30.3 Å². The van der Waals surface area contributed by atoms with E-state index in [0.717, 1.165) is 24.9 Å². The van der Waals surface area contributed by atoms with E-state index in [1.807, 2.05) is 30.3 Å². The summed E-state index contributed by atoms with van der Waals surface area (Å²) in [7, 11) is -3.35. The number of piperidine rings is 1. The predicted molar refractivity (Wildman–Crippen MR) is 100 cm³/mol. The van der Waals surface area contributed by atoms with E-state index >= 15 is 0 Å². The van der Waals surface area contributed by atoms with Crippen molar-refractivity contribution in [2.24, 2.45) is 5.92 Å². The third-order valence-electron chi connectivity index (χ3n) is 4.54. The number of amides is 1. The molecule has 0 aliphatic carbocycles. The van der Waals surface area contributed by atoms with Crippen LogP contribution in [0.25, 0.3) is 0 Å². The Bertz CT molecular complexity index is 781. The molecule has 1 fully saturated rings. The number of thiophene rings is 1. The number of sulfonamides is 1. The van der Waals surface area contributed by atoms with Crippen molar-refractivity contribution in [1.82, 2.24) is 4.31 Å². The van der Waals surface area contributed by atoms with Gasteiger partial charge >= 0.3 is 0 Å². The molecular formula is C18H22N2O3S2. The molecule has 134 valence electrons. The third kappa shape index (κ3) is 4.68. The van der Waals surface area contributed by atoms with Gasteiger partial charge < -0.3 is 5.32 Å². The average molecular weight is 379 g/mol. The highest BCUT2D eigenvalue weighted by Gasteiger charge is 2.29. The number of nitrogens with one attached hydrogen (secondary N) is 1. The lowest BCUT2D eigenvalue weighted by Gasteiger charge is -2.30. The molecule has 0 bridgehead atoms. The van der Waals surface area contributed by atoms with Crippen LogP contribution in [0.2, 0.25) is 0 Å². The van der Waals surface area contributed by atoms with E-state index < -0.39 is 10.0 Å². The van der Waals surface area contributed by atoms with Gasteiger partial charge in [0.05, 0.1) is 4.90 Å². The molecule has 0 saturated carbocycles. The smallest absolute Gasteiger partial charge is 0.243 e. The lowest BCUT2D eigenvalue weighted by molar-refractivity contribution is -0.116. The molecule has 1 saturated heterocycles. The minimum Gasteiger partial charge on any atom is -0.326 e. The monoisotopic (exact) mass is 378 g/mol. The first-order valence-corrected chi connectivity index (χ1v) is 10.8. The van der Waals surface area contributed by atoms with Gasteiger partial charge in [0.15, 0.2) is 0 Å². The molecule has 1 aromatic heterocycles. The van der Waals surface area contributed by atoms with Gasteiger partial charge in [-0.2, -0.15) is 15.6 Å². The maximum atomic E-state index is 12.5. The maximum Gasteiger partial charge on any atom is 0.243 e. The van der Waals surface area contributed by atoms with Crippen LogP contribution in [0.15, 0.2) is 52.1 Å². The molecule has 3 rings (SSSR count). The first kappa shape index (κ1) is 18.1. The summed E-state index contributed by atoms with van der Waals surface area (Å²) in [5.41, 5.74) is 0.809. The van der Waals surface area contributed by atoms with Crippen molar-refractivity contribution < 1.29 is 13.2 Å². The zero-order chi connectivity index (χ0) is 17.7. The molecule has 1 aromatic carbocycles. The molecule has 1 aliphatic rings. The minimum atomic E-state index is -3.35. The summed E-state index contributed by atoms with van der Waals surface area (Å²) in [6.45, 7) is 1.06. The van der Waals surface area contributed by atoms with Gasteiger partial charge in [-0.25, -0.2) is 8.42 Å². The van der Waals surface area contributed by atoms with Crippen LogP contribution in [0, 0.1) is 5.92 Å². The standard InChI is InChI=1S/C18H22N2O3S2/c21-18(19-16-4-2-1-3-5-16)7-6-15-8-11-20(12-9-15)25(22,23)17-10-13-24-14-17/h1-5,10,13-15H,6-9,11-12H2,(H,19,21). The number of hydrogen-bond acceptors (Lipinski definition) is 4. The van der Waals surface area contributed by atoms with Gasteiger partial charge in [-0.3, -0.25) is 4.79 Å². The fourth-order valence-electron chi connectivity index (χ4n) is 3.07. The van der Waals surface area contributed by atoms with Crippen LogP contribution < -0.4 is 5.32 Å². The van der Waals surface area contributed by atoms with E-state index in [9.17, 15) is 13.2 Å². The van der Waals surface area contributed by atoms with Crippen molar-refractivity contribution in [3.8, 4) is 0 Å². The zero-order valence-electron chi connectivity index (χ0n) is 13.9. The van der Waals surface area contributed by atoms with Gasteiger partial charge in [0.1, 0.15) is 0 Å². The Kier molecular flexibility index (Phi) is 5.88. The largest absolute Gasteiger partial charge is 0.326 e. The van der Waals surface area contributed by atoms with E-state index in [-0.39, 0.29) is 5.91 Å². The lowest BCUT2D eigenvalue weighted by atomic mass is 9.93. The van der Waals surface area contributed by atoms with Crippen molar-refractivity contribution in [1.29, 1.82) is 0 Å². The molecule has 5 nitrogen and oxygen atoms in total. The first-order valence-electron chi connectivity index (χ1n) is 8.43. The highest BCUT2D eigenvalue weighted by Crippen LogP contribution is 2.27. The third-order valence-corrected chi connectivity index (χ3v) is 7.27. The molecule has 1 amide bonds. The Hall–Kier alpha value is -1.70. The second-order valence-corrected chi connectivity index (χ2v) is 8.98. The minimum absolute atomic E-state index is 0.0134. The van der Waals surface area contributed by atoms with E-state index in [4.69, 9.17) is 0 Å². The molecule has 2 heterocycles. The van der Waals surface area contributed by atoms with Crippen LogP contribution in [0.5, 0.6) is 0 Å². The second-order valence-electron chi connectivity index (χ2n) is 6.26. The van der Waals surface area contributed by atoms with Gasteiger partial charge in [0.25, 0.3) is 0 Å². The Labute approximate surface area is 152 Å². The Morgan fingerprint density at radius 1 is 1.16 bits per heavy atom. The molecule has 1 aliphatic heterocycles. The second kappa shape index (κ2) is 8.12. The molecule has 0 radical (unpaired) electrons. The van der Waals surface area contributed by atoms with Crippen LogP contribution >= 0.6 is 11.3 Å². The molecular weight excluding hydrogens is 356 g/mol. The summed E-state index contributed by atoms with van der Waals surface area (Å²) >= 11 is 1.39. The van der Waals surface area contributed by atoms with Crippen LogP contribution in [0.3, 0.4) is 0 Å². The highest BCUT2D eigenvalue weighted by molar-refractivity contribution is 7.89. The molecule has 25 heavy (non-hydrogen) atoms. The molecule has 0 spiro atoms. The number of nitrogens with zero attached hydrogens (tertiary/aromatic N) is 1.